The Morgan fingerprint density at radius 2 is 1.40 bits per heavy atom. The van der Waals surface area contributed by atoms with Crippen LogP contribution in [0.4, 0.5) is 5.69 Å². The molecule has 0 atom stereocenters. The highest BCUT2D eigenvalue weighted by Crippen LogP contribution is 2.38. The molecule has 9 aromatic rings. The highest BCUT2D eigenvalue weighted by molar-refractivity contribution is 8.01. The topological polar surface area (TPSA) is 153 Å². The summed E-state index contributed by atoms with van der Waals surface area (Å²) >= 11 is 3.41. The van der Waals surface area contributed by atoms with Gasteiger partial charge in [0.25, 0.3) is 0 Å². The number of H-pyrrole nitrogens is 4. The van der Waals surface area contributed by atoms with E-state index in [4.69, 9.17) is 0 Å². The number of nitrogens with zero attached hydrogens (tertiary/aromatic N) is 6. The number of aromatic nitrogens is 10. The van der Waals surface area contributed by atoms with Crippen molar-refractivity contribution in [2.24, 2.45) is 11.8 Å². The number of allylic oxidation sites excluding steroid dienone is 7. The van der Waals surface area contributed by atoms with Crippen LogP contribution >= 0.6 is 23.1 Å². The number of thioether (sulfide) groups is 1. The van der Waals surface area contributed by atoms with E-state index in [1.807, 2.05) is 55.4 Å². The lowest BCUT2D eigenvalue weighted by molar-refractivity contribution is 0.645. The van der Waals surface area contributed by atoms with Gasteiger partial charge in [-0.3, -0.25) is 20.2 Å². The molecule has 70 heavy (non-hydrogen) atoms. The molecule has 0 saturated carbocycles. The van der Waals surface area contributed by atoms with E-state index in [1.165, 1.54) is 16.7 Å². The second-order valence-electron chi connectivity index (χ2n) is 17.9. The molecular weight excluding hydrogens is 903 g/mol. The molecule has 11 nitrogen and oxygen atoms in total. The van der Waals surface area contributed by atoms with E-state index >= 15 is 0 Å². The zero-order chi connectivity index (χ0) is 49.5. The summed E-state index contributed by atoms with van der Waals surface area (Å²) < 4.78 is 0. The van der Waals surface area contributed by atoms with Crippen LogP contribution in [0.25, 0.3) is 78.2 Å². The number of hydrogen-bond donors (Lipinski definition) is 5. The number of anilines is 1. The van der Waals surface area contributed by atoms with E-state index in [0.717, 1.165) is 107 Å². The molecule has 0 bridgehead atoms. The van der Waals surface area contributed by atoms with Gasteiger partial charge in [0.2, 0.25) is 0 Å². The van der Waals surface area contributed by atoms with Crippen LogP contribution in [-0.2, 0) is 0 Å². The second kappa shape index (κ2) is 21.8. The summed E-state index contributed by atoms with van der Waals surface area (Å²) in [7, 11) is 0. The first-order chi connectivity index (χ1) is 33.9. The smallest absolute Gasteiger partial charge is 0.181 e. The Morgan fingerprint density at radius 1 is 0.757 bits per heavy atom. The van der Waals surface area contributed by atoms with Gasteiger partial charge in [0.15, 0.2) is 11.3 Å². The maximum atomic E-state index is 4.62. The molecule has 9 heterocycles. The largest absolute Gasteiger partial charge is 0.358 e. The summed E-state index contributed by atoms with van der Waals surface area (Å²) in [5, 5.41) is 27.1. The first-order valence-corrected chi connectivity index (χ1v) is 25.4. The SMILES string of the molecule is C=C/C=C(/C(=C/SC)C(C)C)c1cc(-c2[nH]nc3ncc(-c4cnccc4C)cc23)[nH]c1C.C=C/C=C(/c1ccsc1)c1cc(-c2[nH]nc3ncc(-c4cncc(NC(=C)CC(C)C)c4)cc23)[nH]c1C. The third-order valence-electron chi connectivity index (χ3n) is 11.9. The van der Waals surface area contributed by atoms with E-state index in [1.54, 1.807) is 23.1 Å². The number of aromatic amines is 4. The normalized spacial score (nSPS) is 12.2. The standard InChI is InChI=1S/C30H30N6S.C27H29N5S/c1-6-7-25(21-8-9-37-17-21)26-13-28(34-20(26)5)29-27-12-23(15-32-30(27)36-35-29)22-11-24(16-31-14-22)33-19(4)10-18(2)3;1-7-8-20(24(15-33-6)16(2)3)21-12-25(30-18(21)5)26-22-11-19(13-29-27(22)32-31-26)23-14-28-10-9-17(23)4/h6-9,11-18,33-34H,1,4,10H2,2-3,5H3,(H,32,35,36);7-16,30H,1H2,2-6H3,(H,29,31,32)/b25-7-;20-8+,24-15+. The molecule has 0 radical (unpaired) electrons. The zero-order valence-corrected chi connectivity index (χ0v) is 42.7. The maximum Gasteiger partial charge on any atom is 0.181 e. The summed E-state index contributed by atoms with van der Waals surface area (Å²) in [6, 6.07) is 14.8. The third-order valence-corrected chi connectivity index (χ3v) is 13.1. The van der Waals surface area contributed by atoms with Crippen LogP contribution in [0.15, 0.2) is 151 Å². The molecule has 9 rings (SSSR count). The van der Waals surface area contributed by atoms with Crippen LogP contribution in [0.3, 0.4) is 0 Å². The molecule has 0 spiro atoms. The van der Waals surface area contributed by atoms with Gasteiger partial charge < -0.3 is 15.3 Å². The van der Waals surface area contributed by atoms with Crippen molar-refractivity contribution in [1.82, 2.24) is 50.3 Å². The summed E-state index contributed by atoms with van der Waals surface area (Å²) in [6.45, 7) is 27.1. The summed E-state index contributed by atoms with van der Waals surface area (Å²) in [5.74, 6) is 0.928. The van der Waals surface area contributed by atoms with Gasteiger partial charge in [0.05, 0.1) is 34.7 Å². The summed E-state index contributed by atoms with van der Waals surface area (Å²) in [4.78, 5) is 25.1. The fraction of sp³-hybridized carbons (Fsp3) is 0.193. The number of aryl methyl sites for hydroxylation is 3. The molecule has 13 heteroatoms. The van der Waals surface area contributed by atoms with Crippen LogP contribution in [0.5, 0.6) is 0 Å². The van der Waals surface area contributed by atoms with Crippen molar-refractivity contribution in [1.29, 1.82) is 0 Å². The van der Waals surface area contributed by atoms with Crippen LogP contribution in [-0.4, -0.2) is 56.6 Å². The van der Waals surface area contributed by atoms with Gasteiger partial charge >= 0.3 is 0 Å². The zero-order valence-electron chi connectivity index (χ0n) is 41.0. The number of pyridine rings is 4. The summed E-state index contributed by atoms with van der Waals surface area (Å²) in [6.07, 6.45) is 21.9. The fourth-order valence-electron chi connectivity index (χ4n) is 8.61. The van der Waals surface area contributed by atoms with Gasteiger partial charge in [0.1, 0.15) is 0 Å². The van der Waals surface area contributed by atoms with Gasteiger partial charge in [-0.1, -0.05) is 71.7 Å². The van der Waals surface area contributed by atoms with Crippen molar-refractivity contribution in [3.8, 4) is 45.0 Å². The fourth-order valence-corrected chi connectivity index (χ4v) is 9.92. The van der Waals surface area contributed by atoms with Gasteiger partial charge in [-0.25, -0.2) is 9.97 Å². The summed E-state index contributed by atoms with van der Waals surface area (Å²) in [5.41, 5.74) is 21.5. The minimum atomic E-state index is 0.392. The molecule has 0 aliphatic rings. The van der Waals surface area contributed by atoms with E-state index in [0.29, 0.717) is 23.1 Å². The third kappa shape index (κ3) is 10.7. The van der Waals surface area contributed by atoms with Crippen molar-refractivity contribution in [2.75, 3.05) is 11.6 Å². The number of hydrogen-bond acceptors (Lipinski definition) is 9. The Labute approximate surface area is 418 Å². The Hall–Kier alpha value is -7.61. The average Bonchev–Trinajstić information content (AvgIpc) is 4.21. The van der Waals surface area contributed by atoms with E-state index in [9.17, 15) is 0 Å². The minimum absolute atomic E-state index is 0.392. The highest BCUT2D eigenvalue weighted by atomic mass is 32.2. The number of nitrogens with one attached hydrogen (secondary N) is 5. The number of rotatable bonds is 16. The molecule has 0 unspecified atom stereocenters. The highest BCUT2D eigenvalue weighted by Gasteiger charge is 2.20. The minimum Gasteiger partial charge on any atom is -0.358 e. The Balaban J connectivity index is 0.000000190. The van der Waals surface area contributed by atoms with Crippen LogP contribution in [0, 0.1) is 32.6 Å². The molecular formula is C57H59N11S2. The Kier molecular flexibility index (Phi) is 15.2. The lowest BCUT2D eigenvalue weighted by atomic mass is 9.91. The second-order valence-corrected chi connectivity index (χ2v) is 19.4. The quantitative estimate of drug-likeness (QED) is 0.0600. The molecule has 0 aliphatic heterocycles. The Bertz CT molecular complexity index is 3420. The molecule has 0 aliphatic carbocycles. The van der Waals surface area contributed by atoms with Crippen LogP contribution < -0.4 is 5.32 Å². The molecule has 354 valence electrons. The molecule has 0 aromatic carbocycles. The van der Waals surface area contributed by atoms with Crippen molar-refractivity contribution in [2.45, 2.75) is 54.9 Å². The van der Waals surface area contributed by atoms with Gasteiger partial charge in [-0.05, 0) is 132 Å². The Morgan fingerprint density at radius 3 is 2.01 bits per heavy atom. The van der Waals surface area contributed by atoms with Gasteiger partial charge in [0, 0.05) is 92.2 Å². The average molecular weight is 962 g/mol. The number of fused-ring (bicyclic) bond motifs is 2. The first kappa shape index (κ1) is 48.8. The first-order valence-electron chi connectivity index (χ1n) is 23.2. The van der Waals surface area contributed by atoms with Crippen molar-refractivity contribution in [3.63, 3.8) is 0 Å². The van der Waals surface area contributed by atoms with Gasteiger partial charge in [-0.2, -0.15) is 21.5 Å². The molecule has 0 saturated heterocycles. The van der Waals surface area contributed by atoms with Crippen molar-refractivity contribution < 1.29 is 0 Å². The van der Waals surface area contributed by atoms with Crippen LogP contribution in [0.2, 0.25) is 0 Å². The monoisotopic (exact) mass is 961 g/mol. The lowest BCUT2D eigenvalue weighted by Gasteiger charge is -2.15. The maximum absolute atomic E-state index is 4.62. The molecule has 5 N–H and O–H groups in total. The van der Waals surface area contributed by atoms with Crippen molar-refractivity contribution in [3.05, 3.63) is 185 Å². The van der Waals surface area contributed by atoms with E-state index < -0.39 is 0 Å². The van der Waals surface area contributed by atoms with Crippen molar-refractivity contribution >= 4 is 62.0 Å². The van der Waals surface area contributed by atoms with E-state index in [-0.39, 0.29) is 0 Å². The molecule has 0 amide bonds. The lowest BCUT2D eigenvalue weighted by Crippen LogP contribution is -2.02. The molecule has 9 aromatic heterocycles. The molecule has 0 fully saturated rings. The van der Waals surface area contributed by atoms with Crippen LogP contribution in [0.1, 0.15) is 67.8 Å². The predicted molar refractivity (Wildman–Crippen MR) is 296 cm³/mol. The number of thiophene rings is 1. The van der Waals surface area contributed by atoms with Gasteiger partial charge in [-0.15, -0.1) is 11.8 Å². The van der Waals surface area contributed by atoms with E-state index in [2.05, 4.69) is 195 Å². The predicted octanol–water partition coefficient (Wildman–Crippen LogP) is 15.1.